The second-order valence-corrected chi connectivity index (χ2v) is 8.19. The van der Waals surface area contributed by atoms with E-state index in [0.717, 1.165) is 16.7 Å². The minimum absolute atomic E-state index is 0.173. The van der Waals surface area contributed by atoms with E-state index >= 15 is 0 Å². The molecular formula is C28H32O5. The third kappa shape index (κ3) is 7.22. The topological polar surface area (TPSA) is 46.2 Å². The summed E-state index contributed by atoms with van der Waals surface area (Å²) in [6.07, 6.45) is -0.471. The lowest BCUT2D eigenvalue weighted by Gasteiger charge is -2.40. The molecule has 1 saturated heterocycles. The van der Waals surface area contributed by atoms with Crippen molar-refractivity contribution in [2.45, 2.75) is 50.8 Å². The van der Waals surface area contributed by atoms with Gasteiger partial charge < -0.3 is 23.7 Å². The van der Waals surface area contributed by atoms with E-state index in [1.165, 1.54) is 0 Å². The summed E-state index contributed by atoms with van der Waals surface area (Å²) in [6.45, 7) is 1.94. The van der Waals surface area contributed by atoms with Crippen molar-refractivity contribution >= 4 is 0 Å². The summed E-state index contributed by atoms with van der Waals surface area (Å²) < 4.78 is 30.4. The standard InChI is InChI=1S/C28H32O5/c1-29-28-26(32-20-24-15-9-4-10-16-24)17-25(31-19-23-13-7-3-8-14-23)27(33-28)21-30-18-22-11-5-2-6-12-22/h2-16,25-28H,17-21H2,1H3. The van der Waals surface area contributed by atoms with Gasteiger partial charge in [-0.05, 0) is 16.7 Å². The average molecular weight is 449 g/mol. The van der Waals surface area contributed by atoms with E-state index in [-0.39, 0.29) is 18.3 Å². The third-order valence-electron chi connectivity index (χ3n) is 5.73. The predicted molar refractivity (Wildman–Crippen MR) is 126 cm³/mol. The molecule has 1 aliphatic heterocycles. The van der Waals surface area contributed by atoms with Crippen molar-refractivity contribution in [1.82, 2.24) is 0 Å². The van der Waals surface area contributed by atoms with Gasteiger partial charge in [-0.2, -0.15) is 0 Å². The van der Waals surface area contributed by atoms with Gasteiger partial charge in [0.25, 0.3) is 0 Å². The van der Waals surface area contributed by atoms with Gasteiger partial charge in [-0.1, -0.05) is 91.0 Å². The van der Waals surface area contributed by atoms with Crippen LogP contribution >= 0.6 is 0 Å². The smallest absolute Gasteiger partial charge is 0.184 e. The van der Waals surface area contributed by atoms with Gasteiger partial charge in [0.1, 0.15) is 12.2 Å². The van der Waals surface area contributed by atoms with E-state index in [1.807, 2.05) is 54.6 Å². The van der Waals surface area contributed by atoms with E-state index in [9.17, 15) is 0 Å². The Morgan fingerprint density at radius 3 is 1.67 bits per heavy atom. The summed E-state index contributed by atoms with van der Waals surface area (Å²) in [4.78, 5) is 0. The molecule has 0 N–H and O–H groups in total. The van der Waals surface area contributed by atoms with Gasteiger partial charge in [-0.3, -0.25) is 0 Å². The zero-order valence-electron chi connectivity index (χ0n) is 19.0. The summed E-state index contributed by atoms with van der Waals surface area (Å²) in [5.74, 6) is 0. The highest BCUT2D eigenvalue weighted by Crippen LogP contribution is 2.28. The molecule has 1 fully saturated rings. The zero-order chi connectivity index (χ0) is 22.7. The maximum absolute atomic E-state index is 6.32. The third-order valence-corrected chi connectivity index (χ3v) is 5.73. The van der Waals surface area contributed by atoms with Crippen molar-refractivity contribution in [3.05, 3.63) is 108 Å². The number of hydrogen-bond donors (Lipinski definition) is 0. The summed E-state index contributed by atoms with van der Waals surface area (Å²) in [5.41, 5.74) is 3.36. The first-order chi connectivity index (χ1) is 16.3. The molecule has 0 amide bonds. The largest absolute Gasteiger partial charge is 0.374 e. The van der Waals surface area contributed by atoms with Gasteiger partial charge in [0.15, 0.2) is 6.29 Å². The highest BCUT2D eigenvalue weighted by molar-refractivity contribution is 5.15. The lowest BCUT2D eigenvalue weighted by molar-refractivity contribution is -0.283. The summed E-state index contributed by atoms with van der Waals surface area (Å²) in [5, 5.41) is 0. The van der Waals surface area contributed by atoms with E-state index < -0.39 is 6.29 Å². The lowest BCUT2D eigenvalue weighted by atomic mass is 10.0. The first kappa shape index (κ1) is 23.6. The lowest BCUT2D eigenvalue weighted by Crippen LogP contribution is -2.51. The summed E-state index contributed by atoms with van der Waals surface area (Å²) in [6, 6.07) is 30.4. The Balaban J connectivity index is 1.39. The molecule has 4 rings (SSSR count). The number of methoxy groups -OCH3 is 1. The van der Waals surface area contributed by atoms with E-state index in [4.69, 9.17) is 23.7 Å². The molecule has 1 heterocycles. The molecule has 174 valence electrons. The van der Waals surface area contributed by atoms with Crippen LogP contribution in [0.2, 0.25) is 0 Å². The van der Waals surface area contributed by atoms with Gasteiger partial charge in [0, 0.05) is 13.5 Å². The molecule has 0 saturated carbocycles. The minimum Gasteiger partial charge on any atom is -0.374 e. The molecule has 0 radical (unpaired) electrons. The molecule has 4 atom stereocenters. The van der Waals surface area contributed by atoms with Crippen molar-refractivity contribution in [2.24, 2.45) is 0 Å². The summed E-state index contributed by atoms with van der Waals surface area (Å²) in [7, 11) is 1.65. The SMILES string of the molecule is COC1OC(COCc2ccccc2)C(OCc2ccccc2)CC1OCc1ccccc1. The molecular weight excluding hydrogens is 416 g/mol. The molecule has 0 aliphatic carbocycles. The van der Waals surface area contributed by atoms with Crippen molar-refractivity contribution in [3.63, 3.8) is 0 Å². The van der Waals surface area contributed by atoms with Crippen LogP contribution in [0.4, 0.5) is 0 Å². The molecule has 0 spiro atoms. The molecule has 5 heteroatoms. The highest BCUT2D eigenvalue weighted by atomic mass is 16.7. The van der Waals surface area contributed by atoms with Crippen molar-refractivity contribution in [2.75, 3.05) is 13.7 Å². The second-order valence-electron chi connectivity index (χ2n) is 8.19. The molecule has 33 heavy (non-hydrogen) atoms. The maximum atomic E-state index is 6.32. The molecule has 3 aromatic carbocycles. The Kier molecular flexibility index (Phi) is 9.04. The van der Waals surface area contributed by atoms with Crippen LogP contribution in [-0.4, -0.2) is 38.3 Å². The van der Waals surface area contributed by atoms with Crippen LogP contribution < -0.4 is 0 Å². The molecule has 3 aromatic rings. The normalized spacial score (nSPS) is 22.8. The Morgan fingerprint density at radius 1 is 0.667 bits per heavy atom. The van der Waals surface area contributed by atoms with Crippen molar-refractivity contribution in [3.8, 4) is 0 Å². The molecule has 5 nitrogen and oxygen atoms in total. The maximum Gasteiger partial charge on any atom is 0.184 e. The fraction of sp³-hybridized carbons (Fsp3) is 0.357. The molecule has 0 aromatic heterocycles. The monoisotopic (exact) mass is 448 g/mol. The number of benzene rings is 3. The fourth-order valence-electron chi connectivity index (χ4n) is 3.94. The quantitative estimate of drug-likeness (QED) is 0.407. The van der Waals surface area contributed by atoms with Crippen LogP contribution in [0.3, 0.4) is 0 Å². The van der Waals surface area contributed by atoms with Crippen LogP contribution in [0, 0.1) is 0 Å². The van der Waals surface area contributed by atoms with Gasteiger partial charge in [0.2, 0.25) is 0 Å². The summed E-state index contributed by atoms with van der Waals surface area (Å²) >= 11 is 0. The first-order valence-corrected chi connectivity index (χ1v) is 11.4. The fourth-order valence-corrected chi connectivity index (χ4v) is 3.94. The van der Waals surface area contributed by atoms with Crippen LogP contribution in [0.1, 0.15) is 23.1 Å². The Labute approximate surface area is 196 Å². The van der Waals surface area contributed by atoms with E-state index in [2.05, 4.69) is 36.4 Å². The van der Waals surface area contributed by atoms with Gasteiger partial charge in [-0.25, -0.2) is 0 Å². The molecule has 0 bridgehead atoms. The predicted octanol–water partition coefficient (Wildman–Crippen LogP) is 5.14. The van der Waals surface area contributed by atoms with E-state index in [1.54, 1.807) is 7.11 Å². The van der Waals surface area contributed by atoms with E-state index in [0.29, 0.717) is 32.8 Å². The van der Waals surface area contributed by atoms with Gasteiger partial charge >= 0.3 is 0 Å². The number of ether oxygens (including phenoxy) is 5. The Morgan fingerprint density at radius 2 is 1.15 bits per heavy atom. The average Bonchev–Trinajstić information content (AvgIpc) is 2.88. The van der Waals surface area contributed by atoms with Crippen LogP contribution in [0.5, 0.6) is 0 Å². The van der Waals surface area contributed by atoms with Crippen molar-refractivity contribution in [1.29, 1.82) is 0 Å². The Bertz CT molecular complexity index is 919. The van der Waals surface area contributed by atoms with Crippen molar-refractivity contribution < 1.29 is 23.7 Å². The molecule has 4 unspecified atom stereocenters. The number of hydrogen-bond acceptors (Lipinski definition) is 5. The van der Waals surface area contributed by atoms with Crippen LogP contribution in [-0.2, 0) is 43.5 Å². The number of rotatable bonds is 11. The second kappa shape index (κ2) is 12.6. The van der Waals surface area contributed by atoms with Gasteiger partial charge in [0.05, 0.1) is 32.5 Å². The highest BCUT2D eigenvalue weighted by Gasteiger charge is 2.39. The zero-order valence-corrected chi connectivity index (χ0v) is 19.0. The van der Waals surface area contributed by atoms with Crippen LogP contribution in [0.25, 0.3) is 0 Å². The minimum atomic E-state index is -0.476. The first-order valence-electron chi connectivity index (χ1n) is 11.4. The van der Waals surface area contributed by atoms with Gasteiger partial charge in [-0.15, -0.1) is 0 Å². The molecule has 1 aliphatic rings. The van der Waals surface area contributed by atoms with Crippen LogP contribution in [0.15, 0.2) is 91.0 Å². The Hall–Kier alpha value is -2.54.